The zero-order chi connectivity index (χ0) is 15.3. The van der Waals surface area contributed by atoms with Crippen LogP contribution in [0, 0.1) is 16.0 Å². The zero-order valence-corrected chi connectivity index (χ0v) is 13.9. The lowest BCUT2D eigenvalue weighted by Gasteiger charge is -2.28. The van der Waals surface area contributed by atoms with Crippen molar-refractivity contribution in [3.05, 3.63) is 32.8 Å². The van der Waals surface area contributed by atoms with Crippen LogP contribution in [0.5, 0.6) is 0 Å². The first-order valence-corrected chi connectivity index (χ1v) is 7.36. The molecule has 0 radical (unpaired) electrons. The highest BCUT2D eigenvalue weighted by atomic mass is 79.9. The van der Waals surface area contributed by atoms with Crippen molar-refractivity contribution in [2.75, 3.05) is 25.1 Å². The van der Waals surface area contributed by atoms with Crippen molar-refractivity contribution in [3.8, 4) is 0 Å². The predicted molar refractivity (Wildman–Crippen MR) is 84.3 cm³/mol. The Kier molecular flexibility index (Phi) is 6.42. The molecule has 112 valence electrons. The molecular weight excluding hydrogens is 324 g/mol. The third-order valence-electron chi connectivity index (χ3n) is 2.94. The van der Waals surface area contributed by atoms with Gasteiger partial charge in [0.1, 0.15) is 5.69 Å². The third-order valence-corrected chi connectivity index (χ3v) is 3.43. The number of ether oxygens (including phenoxy) is 1. The molecule has 1 atom stereocenters. The van der Waals surface area contributed by atoms with Gasteiger partial charge >= 0.3 is 0 Å². The van der Waals surface area contributed by atoms with E-state index in [2.05, 4.69) is 29.8 Å². The summed E-state index contributed by atoms with van der Waals surface area (Å²) in [5.74, 6) is 0.405. The quantitative estimate of drug-likeness (QED) is 0.556. The Balaban J connectivity index is 3.15. The summed E-state index contributed by atoms with van der Waals surface area (Å²) in [5.41, 5.74) is 0.749. The molecule has 0 aliphatic carbocycles. The van der Waals surface area contributed by atoms with Gasteiger partial charge in [-0.15, -0.1) is 0 Å². The Morgan fingerprint density at radius 1 is 1.35 bits per heavy atom. The maximum atomic E-state index is 11.2. The van der Waals surface area contributed by atoms with Crippen LogP contribution >= 0.6 is 15.9 Å². The van der Waals surface area contributed by atoms with Crippen molar-refractivity contribution >= 4 is 27.3 Å². The molecular formula is C14H21BrN2O3. The van der Waals surface area contributed by atoms with Gasteiger partial charge in [-0.25, -0.2) is 0 Å². The highest BCUT2D eigenvalue weighted by Crippen LogP contribution is 2.31. The molecule has 0 unspecified atom stereocenters. The van der Waals surface area contributed by atoms with E-state index in [0.29, 0.717) is 22.6 Å². The molecule has 1 rings (SSSR count). The highest BCUT2D eigenvalue weighted by molar-refractivity contribution is 9.10. The lowest BCUT2D eigenvalue weighted by Crippen LogP contribution is -2.35. The van der Waals surface area contributed by atoms with Gasteiger partial charge in [-0.2, -0.15) is 0 Å². The van der Waals surface area contributed by atoms with Crippen LogP contribution in [0.1, 0.15) is 20.8 Å². The molecule has 1 aromatic rings. The molecule has 1 aromatic carbocycles. The second-order valence-electron chi connectivity index (χ2n) is 5.24. The number of nitro groups is 1. The first-order chi connectivity index (χ1) is 9.35. The first-order valence-electron chi connectivity index (χ1n) is 6.56. The van der Waals surface area contributed by atoms with Crippen LogP contribution in [-0.4, -0.2) is 31.2 Å². The standard InChI is InChI=1S/C14H21BrN2O3/c1-10(2)8-16(9-11(3)20-4)13-6-5-12(15)7-14(13)17(18)19/h5-7,10-11H,8-9H2,1-4H3/t11-/m1/s1. The Hall–Kier alpha value is -1.14. The van der Waals surface area contributed by atoms with Crippen LogP contribution in [-0.2, 0) is 4.74 Å². The van der Waals surface area contributed by atoms with Gasteiger partial charge in [0.2, 0.25) is 0 Å². The molecule has 5 nitrogen and oxygen atoms in total. The minimum absolute atomic E-state index is 0.0111. The van der Waals surface area contributed by atoms with Gasteiger partial charge in [0.25, 0.3) is 5.69 Å². The molecule has 0 heterocycles. The minimum atomic E-state index is -0.342. The topological polar surface area (TPSA) is 55.6 Å². The van der Waals surface area contributed by atoms with Crippen molar-refractivity contribution < 1.29 is 9.66 Å². The summed E-state index contributed by atoms with van der Waals surface area (Å²) in [6.07, 6.45) is 0.0111. The number of nitro benzene ring substituents is 1. The SMILES string of the molecule is CO[C@H](C)CN(CC(C)C)c1ccc(Br)cc1[N+](=O)[O-]. The van der Waals surface area contributed by atoms with Crippen molar-refractivity contribution in [1.29, 1.82) is 0 Å². The number of hydrogen-bond acceptors (Lipinski definition) is 4. The maximum absolute atomic E-state index is 11.2. The lowest BCUT2D eigenvalue weighted by atomic mass is 10.1. The number of benzene rings is 1. The molecule has 0 aromatic heterocycles. The van der Waals surface area contributed by atoms with Crippen LogP contribution in [0.25, 0.3) is 0 Å². The van der Waals surface area contributed by atoms with E-state index in [0.717, 1.165) is 6.54 Å². The van der Waals surface area contributed by atoms with Crippen LogP contribution in [0.2, 0.25) is 0 Å². The number of hydrogen-bond donors (Lipinski definition) is 0. The highest BCUT2D eigenvalue weighted by Gasteiger charge is 2.22. The van der Waals surface area contributed by atoms with Gasteiger partial charge in [-0.1, -0.05) is 29.8 Å². The van der Waals surface area contributed by atoms with Crippen molar-refractivity contribution in [2.45, 2.75) is 26.9 Å². The monoisotopic (exact) mass is 344 g/mol. The van der Waals surface area contributed by atoms with Gasteiger partial charge in [0.05, 0.1) is 11.0 Å². The molecule has 0 aliphatic heterocycles. The molecule has 0 saturated carbocycles. The molecule has 0 N–H and O–H groups in total. The van der Waals surface area contributed by atoms with Crippen LogP contribution < -0.4 is 4.90 Å². The Bertz CT molecular complexity index is 466. The van der Waals surface area contributed by atoms with Crippen LogP contribution in [0.15, 0.2) is 22.7 Å². The van der Waals surface area contributed by atoms with Gasteiger partial charge in [0, 0.05) is 30.7 Å². The number of anilines is 1. The van der Waals surface area contributed by atoms with E-state index in [9.17, 15) is 10.1 Å². The molecule has 0 aliphatic rings. The average molecular weight is 345 g/mol. The van der Waals surface area contributed by atoms with E-state index < -0.39 is 0 Å². The Morgan fingerprint density at radius 2 is 2.00 bits per heavy atom. The Labute approximate surface area is 128 Å². The molecule has 0 saturated heterocycles. The zero-order valence-electron chi connectivity index (χ0n) is 12.3. The van der Waals surface area contributed by atoms with Crippen molar-refractivity contribution in [3.63, 3.8) is 0 Å². The molecule has 6 heteroatoms. The van der Waals surface area contributed by atoms with Crippen molar-refractivity contribution in [2.24, 2.45) is 5.92 Å². The maximum Gasteiger partial charge on any atom is 0.293 e. The summed E-state index contributed by atoms with van der Waals surface area (Å²) in [6.45, 7) is 7.51. The summed E-state index contributed by atoms with van der Waals surface area (Å²) >= 11 is 3.28. The smallest absolute Gasteiger partial charge is 0.293 e. The van der Waals surface area contributed by atoms with E-state index in [1.54, 1.807) is 19.2 Å². The second kappa shape index (κ2) is 7.59. The molecule has 0 amide bonds. The fraction of sp³-hybridized carbons (Fsp3) is 0.571. The predicted octanol–water partition coefficient (Wildman–Crippen LogP) is 3.85. The molecule has 0 bridgehead atoms. The van der Waals surface area contributed by atoms with E-state index in [-0.39, 0.29) is 16.7 Å². The lowest BCUT2D eigenvalue weighted by molar-refractivity contribution is -0.384. The van der Waals surface area contributed by atoms with Crippen LogP contribution in [0.4, 0.5) is 11.4 Å². The van der Waals surface area contributed by atoms with E-state index in [4.69, 9.17) is 4.74 Å². The van der Waals surface area contributed by atoms with Crippen LogP contribution in [0.3, 0.4) is 0 Å². The summed E-state index contributed by atoms with van der Waals surface area (Å²) in [5, 5.41) is 11.2. The number of nitrogens with zero attached hydrogens (tertiary/aromatic N) is 2. The normalized spacial score (nSPS) is 12.5. The van der Waals surface area contributed by atoms with Gasteiger partial charge in [-0.05, 0) is 25.0 Å². The van der Waals surface area contributed by atoms with Crippen molar-refractivity contribution in [1.82, 2.24) is 0 Å². The van der Waals surface area contributed by atoms with Gasteiger partial charge < -0.3 is 9.64 Å². The average Bonchev–Trinajstić information content (AvgIpc) is 2.37. The summed E-state index contributed by atoms with van der Waals surface area (Å²) in [6, 6.07) is 5.15. The fourth-order valence-corrected chi connectivity index (χ4v) is 2.36. The first kappa shape index (κ1) is 16.9. The van der Waals surface area contributed by atoms with Gasteiger partial charge in [-0.3, -0.25) is 10.1 Å². The molecule has 20 heavy (non-hydrogen) atoms. The largest absolute Gasteiger partial charge is 0.380 e. The minimum Gasteiger partial charge on any atom is -0.380 e. The number of methoxy groups -OCH3 is 1. The van der Waals surface area contributed by atoms with Gasteiger partial charge in [0.15, 0.2) is 0 Å². The number of halogens is 1. The Morgan fingerprint density at radius 3 is 2.50 bits per heavy atom. The molecule has 0 fully saturated rings. The summed E-state index contributed by atoms with van der Waals surface area (Å²) in [4.78, 5) is 12.9. The summed E-state index contributed by atoms with van der Waals surface area (Å²) in [7, 11) is 1.65. The van der Waals surface area contributed by atoms with E-state index in [1.165, 1.54) is 0 Å². The molecule has 0 spiro atoms. The second-order valence-corrected chi connectivity index (χ2v) is 6.15. The third kappa shape index (κ3) is 4.76. The van der Waals surface area contributed by atoms with E-state index in [1.807, 2.05) is 17.9 Å². The van der Waals surface area contributed by atoms with E-state index >= 15 is 0 Å². The number of rotatable bonds is 7. The summed E-state index contributed by atoms with van der Waals surface area (Å²) < 4.78 is 5.99. The fourth-order valence-electron chi connectivity index (χ4n) is 2.01.